The summed E-state index contributed by atoms with van der Waals surface area (Å²) in [6.45, 7) is 1.80. The highest BCUT2D eigenvalue weighted by molar-refractivity contribution is 9.10. The molecule has 1 aromatic carbocycles. The molecule has 1 saturated carbocycles. The molecule has 0 spiro atoms. The van der Waals surface area contributed by atoms with E-state index in [4.69, 9.17) is 0 Å². The highest BCUT2D eigenvalue weighted by Crippen LogP contribution is 2.35. The number of fused-ring (bicyclic) bond motifs is 1. The molecule has 0 bridgehead atoms. The summed E-state index contributed by atoms with van der Waals surface area (Å²) in [4.78, 5) is 9.66. The van der Waals surface area contributed by atoms with E-state index in [-0.39, 0.29) is 30.9 Å². The summed E-state index contributed by atoms with van der Waals surface area (Å²) in [5.41, 5.74) is 3.17. The Kier molecular flexibility index (Phi) is 9.70. The van der Waals surface area contributed by atoms with Crippen molar-refractivity contribution in [3.63, 3.8) is 0 Å². The van der Waals surface area contributed by atoms with Gasteiger partial charge in [0, 0.05) is 35.5 Å². The Morgan fingerprint density at radius 3 is 2.58 bits per heavy atom. The van der Waals surface area contributed by atoms with Crippen LogP contribution in [0.15, 0.2) is 35.2 Å². The van der Waals surface area contributed by atoms with Crippen LogP contribution in [0.5, 0.6) is 0 Å². The van der Waals surface area contributed by atoms with Gasteiger partial charge in [-0.1, -0.05) is 48.0 Å². The molecule has 0 unspecified atom stereocenters. The molecule has 1 fully saturated rings. The molecule has 31 heavy (non-hydrogen) atoms. The SMILES string of the molecule is CS(=O)(=O)N1Cc2cc(Br)ccc2N(Cc2cnc[nH]2)C[C@@H]1CC1CCCCC1.Cl.Cl. The van der Waals surface area contributed by atoms with E-state index < -0.39 is 10.0 Å². The van der Waals surface area contributed by atoms with Crippen molar-refractivity contribution in [2.45, 2.75) is 57.7 Å². The Labute approximate surface area is 206 Å². The van der Waals surface area contributed by atoms with Gasteiger partial charge in [-0.15, -0.1) is 24.8 Å². The minimum atomic E-state index is -3.32. The van der Waals surface area contributed by atoms with E-state index in [2.05, 4.69) is 42.9 Å². The number of H-pyrrole nitrogens is 1. The fraction of sp³-hybridized carbons (Fsp3) is 0.571. The predicted molar refractivity (Wildman–Crippen MR) is 134 cm³/mol. The van der Waals surface area contributed by atoms with E-state index in [0.29, 0.717) is 25.6 Å². The van der Waals surface area contributed by atoms with Crippen molar-refractivity contribution in [2.75, 3.05) is 17.7 Å². The fourth-order valence-electron chi connectivity index (χ4n) is 4.84. The maximum atomic E-state index is 12.8. The Bertz CT molecular complexity index is 937. The second-order valence-electron chi connectivity index (χ2n) is 8.43. The van der Waals surface area contributed by atoms with Gasteiger partial charge in [0.1, 0.15) is 0 Å². The van der Waals surface area contributed by atoms with Gasteiger partial charge in [-0.3, -0.25) is 0 Å². The number of aromatic amines is 1. The van der Waals surface area contributed by atoms with Crippen LogP contribution in [0, 0.1) is 5.92 Å². The van der Waals surface area contributed by atoms with Crippen molar-refractivity contribution in [1.82, 2.24) is 14.3 Å². The smallest absolute Gasteiger partial charge is 0.211 e. The summed E-state index contributed by atoms with van der Waals surface area (Å²) in [5, 5.41) is 0. The highest BCUT2D eigenvalue weighted by Gasteiger charge is 2.35. The highest BCUT2D eigenvalue weighted by atomic mass is 79.9. The molecular formula is C21H31BrCl2N4O2S. The first-order valence-corrected chi connectivity index (χ1v) is 13.0. The van der Waals surface area contributed by atoms with Crippen LogP contribution in [0.2, 0.25) is 0 Å². The fourth-order valence-corrected chi connectivity index (χ4v) is 6.32. The minimum absolute atomic E-state index is 0. The summed E-state index contributed by atoms with van der Waals surface area (Å²) in [6, 6.07) is 6.16. The Hall–Kier alpha value is -0.800. The van der Waals surface area contributed by atoms with E-state index >= 15 is 0 Å². The van der Waals surface area contributed by atoms with Gasteiger partial charge >= 0.3 is 0 Å². The van der Waals surface area contributed by atoms with Crippen molar-refractivity contribution in [1.29, 1.82) is 0 Å². The molecule has 2 aromatic rings. The van der Waals surface area contributed by atoms with Crippen LogP contribution in [0.3, 0.4) is 0 Å². The molecule has 1 aliphatic heterocycles. The molecule has 1 atom stereocenters. The summed E-state index contributed by atoms with van der Waals surface area (Å²) in [6.07, 6.45) is 12.1. The number of aromatic nitrogens is 2. The average molecular weight is 554 g/mol. The van der Waals surface area contributed by atoms with Gasteiger partial charge < -0.3 is 9.88 Å². The number of benzene rings is 1. The molecule has 2 aliphatic rings. The second kappa shape index (κ2) is 11.4. The van der Waals surface area contributed by atoms with Crippen molar-refractivity contribution in [3.05, 3.63) is 46.5 Å². The van der Waals surface area contributed by atoms with Gasteiger partial charge in [0.2, 0.25) is 10.0 Å². The van der Waals surface area contributed by atoms with Gasteiger partial charge in [-0.2, -0.15) is 4.31 Å². The Balaban J connectivity index is 0.00000171. The third kappa shape index (κ3) is 6.60. The van der Waals surface area contributed by atoms with E-state index in [0.717, 1.165) is 27.8 Å². The molecule has 1 N–H and O–H groups in total. The van der Waals surface area contributed by atoms with Crippen LogP contribution in [0.1, 0.15) is 49.8 Å². The monoisotopic (exact) mass is 552 g/mol. The standard InChI is InChI=1S/C21H29BrN4O2S.2ClH/c1-29(27,28)26-12-17-10-18(22)7-8-21(17)25(13-19-11-23-15-24-19)14-20(26)9-16-5-3-2-4-6-16;;/h7-8,10-11,15-16,20H,2-6,9,12-14H2,1H3,(H,23,24);2*1H/t20-;;/m0../s1. The number of hydrogen-bond donors (Lipinski definition) is 1. The zero-order chi connectivity index (χ0) is 20.4. The Morgan fingerprint density at radius 2 is 1.94 bits per heavy atom. The maximum Gasteiger partial charge on any atom is 0.211 e. The number of halogens is 3. The van der Waals surface area contributed by atoms with Crippen molar-refractivity contribution in [2.24, 2.45) is 5.92 Å². The number of nitrogens with zero attached hydrogens (tertiary/aromatic N) is 3. The number of anilines is 1. The molecule has 0 saturated heterocycles. The molecule has 0 amide bonds. The third-order valence-electron chi connectivity index (χ3n) is 6.22. The molecule has 6 nitrogen and oxygen atoms in total. The molecule has 0 radical (unpaired) electrons. The van der Waals surface area contributed by atoms with Gasteiger partial charge in [0.05, 0.1) is 24.8 Å². The first kappa shape index (κ1) is 26.5. The molecule has 174 valence electrons. The van der Waals surface area contributed by atoms with Gasteiger partial charge in [-0.25, -0.2) is 13.4 Å². The number of hydrogen-bond acceptors (Lipinski definition) is 4. The van der Waals surface area contributed by atoms with Crippen LogP contribution in [-0.2, 0) is 23.1 Å². The lowest BCUT2D eigenvalue weighted by molar-refractivity contribution is 0.237. The maximum absolute atomic E-state index is 12.8. The molecule has 1 aliphatic carbocycles. The van der Waals surface area contributed by atoms with Crippen molar-refractivity contribution < 1.29 is 8.42 Å². The predicted octanol–water partition coefficient (Wildman–Crippen LogP) is 5.14. The van der Waals surface area contributed by atoms with E-state index in [1.165, 1.54) is 38.4 Å². The number of nitrogens with one attached hydrogen (secondary N) is 1. The zero-order valence-electron chi connectivity index (χ0n) is 17.7. The van der Waals surface area contributed by atoms with E-state index in [1.54, 1.807) is 10.6 Å². The zero-order valence-corrected chi connectivity index (χ0v) is 21.7. The minimum Gasteiger partial charge on any atom is -0.364 e. The summed E-state index contributed by atoms with van der Waals surface area (Å²) in [5.74, 6) is 0.611. The second-order valence-corrected chi connectivity index (χ2v) is 11.3. The van der Waals surface area contributed by atoms with Crippen LogP contribution < -0.4 is 4.90 Å². The molecule has 1 aromatic heterocycles. The van der Waals surface area contributed by atoms with Gasteiger partial charge in [-0.05, 0) is 36.1 Å². The van der Waals surface area contributed by atoms with Gasteiger partial charge in [0.15, 0.2) is 0 Å². The molecule has 10 heteroatoms. The lowest BCUT2D eigenvalue weighted by Gasteiger charge is -2.34. The summed E-state index contributed by atoms with van der Waals surface area (Å²) < 4.78 is 28.3. The van der Waals surface area contributed by atoms with E-state index in [9.17, 15) is 8.42 Å². The average Bonchev–Trinajstić information content (AvgIpc) is 3.13. The Morgan fingerprint density at radius 1 is 1.19 bits per heavy atom. The topological polar surface area (TPSA) is 69.3 Å². The van der Waals surface area contributed by atoms with Crippen LogP contribution in [0.25, 0.3) is 0 Å². The first-order chi connectivity index (χ1) is 13.9. The van der Waals surface area contributed by atoms with Gasteiger partial charge in [0.25, 0.3) is 0 Å². The van der Waals surface area contributed by atoms with Crippen molar-refractivity contribution >= 4 is 56.5 Å². The lowest BCUT2D eigenvalue weighted by Crippen LogP contribution is -2.45. The van der Waals surface area contributed by atoms with Crippen LogP contribution in [-0.4, -0.2) is 41.5 Å². The molecular weight excluding hydrogens is 523 g/mol. The van der Waals surface area contributed by atoms with Crippen LogP contribution >= 0.6 is 40.7 Å². The van der Waals surface area contributed by atoms with E-state index in [1.807, 2.05) is 12.3 Å². The van der Waals surface area contributed by atoms with Crippen molar-refractivity contribution in [3.8, 4) is 0 Å². The first-order valence-electron chi connectivity index (χ1n) is 10.4. The quantitative estimate of drug-likeness (QED) is 0.556. The summed E-state index contributed by atoms with van der Waals surface area (Å²) >= 11 is 3.56. The normalized spacial score (nSPS) is 20.3. The third-order valence-corrected chi connectivity index (χ3v) is 7.99. The number of sulfonamides is 1. The molecule has 2 heterocycles. The number of imidazole rings is 1. The summed E-state index contributed by atoms with van der Waals surface area (Å²) in [7, 11) is -3.32. The largest absolute Gasteiger partial charge is 0.364 e. The number of rotatable bonds is 5. The van der Waals surface area contributed by atoms with Crippen LogP contribution in [0.4, 0.5) is 5.69 Å². The lowest BCUT2D eigenvalue weighted by atomic mass is 9.84. The molecule has 4 rings (SSSR count).